The van der Waals surface area contributed by atoms with Crippen molar-refractivity contribution in [1.29, 1.82) is 0 Å². The first-order valence-electron chi connectivity index (χ1n) is 9.61. The van der Waals surface area contributed by atoms with Crippen LogP contribution in [0.4, 0.5) is 0 Å². The van der Waals surface area contributed by atoms with Crippen molar-refractivity contribution in [3.05, 3.63) is 94.5 Å². The Bertz CT molecular complexity index is 990. The highest BCUT2D eigenvalue weighted by molar-refractivity contribution is 7.80. The molecule has 31 heavy (non-hydrogen) atoms. The predicted octanol–water partition coefficient (Wildman–Crippen LogP) is 5.07. The fraction of sp³-hybridized carbons (Fsp3) is 0.167. The minimum Gasteiger partial charge on any atom is -0.497 e. The van der Waals surface area contributed by atoms with Crippen molar-refractivity contribution in [2.75, 3.05) is 14.2 Å². The molecule has 0 aliphatic rings. The minimum absolute atomic E-state index is 0.316. The van der Waals surface area contributed by atoms with Gasteiger partial charge in [-0.3, -0.25) is 10.1 Å². The van der Waals surface area contributed by atoms with Gasteiger partial charge in [0.15, 0.2) is 5.11 Å². The zero-order valence-corrected chi connectivity index (χ0v) is 18.9. The Labute approximate surface area is 192 Å². The Morgan fingerprint density at radius 2 is 1.35 bits per heavy atom. The molecule has 1 amide bonds. The molecule has 160 valence electrons. The largest absolute Gasteiger partial charge is 0.497 e. The molecule has 0 atom stereocenters. The predicted molar refractivity (Wildman–Crippen MR) is 127 cm³/mol. The average Bonchev–Trinajstić information content (AvgIpc) is 2.79. The number of benzene rings is 3. The lowest BCUT2D eigenvalue weighted by Crippen LogP contribution is -2.42. The van der Waals surface area contributed by atoms with Crippen LogP contribution in [0.2, 0.25) is 5.02 Å². The Hall–Kier alpha value is -3.09. The van der Waals surface area contributed by atoms with Gasteiger partial charge >= 0.3 is 0 Å². The van der Waals surface area contributed by atoms with E-state index in [0.717, 1.165) is 22.6 Å². The number of carbonyl (C=O) groups is 1. The van der Waals surface area contributed by atoms with E-state index in [-0.39, 0.29) is 5.91 Å². The van der Waals surface area contributed by atoms with Crippen molar-refractivity contribution in [3.63, 3.8) is 0 Å². The van der Waals surface area contributed by atoms with Gasteiger partial charge in [-0.2, -0.15) is 0 Å². The Kier molecular flexibility index (Phi) is 7.87. The molecule has 0 bridgehead atoms. The van der Waals surface area contributed by atoms with Gasteiger partial charge in [0, 0.05) is 13.1 Å². The van der Waals surface area contributed by atoms with Crippen LogP contribution in [0.15, 0.2) is 72.8 Å². The first-order chi connectivity index (χ1) is 15.0. The van der Waals surface area contributed by atoms with Crippen LogP contribution in [0, 0.1) is 0 Å². The number of hydrogen-bond donors (Lipinski definition) is 1. The highest BCUT2D eigenvalue weighted by atomic mass is 35.5. The lowest BCUT2D eigenvalue weighted by atomic mass is 10.1. The Morgan fingerprint density at radius 3 is 1.81 bits per heavy atom. The number of thiocarbonyl (C=S) groups is 1. The molecule has 5 nitrogen and oxygen atoms in total. The second kappa shape index (κ2) is 10.8. The van der Waals surface area contributed by atoms with E-state index in [9.17, 15) is 4.79 Å². The summed E-state index contributed by atoms with van der Waals surface area (Å²) in [6.45, 7) is 1.02. The lowest BCUT2D eigenvalue weighted by molar-refractivity contribution is 0.0972. The zero-order valence-electron chi connectivity index (χ0n) is 17.3. The van der Waals surface area contributed by atoms with Gasteiger partial charge in [0.05, 0.1) is 24.8 Å². The molecule has 0 aliphatic heterocycles. The standard InChI is InChI=1S/C24H23ClN2O3S/c1-29-19-11-7-17(8-12-19)15-27(16-18-9-13-20(30-2)14-10-18)24(31)26-23(28)21-5-3-4-6-22(21)25/h3-14H,15-16H2,1-2H3,(H,26,28,31). The third-order valence-corrected chi connectivity index (χ3v) is 5.38. The van der Waals surface area contributed by atoms with Crippen molar-refractivity contribution in [3.8, 4) is 11.5 Å². The summed E-state index contributed by atoms with van der Waals surface area (Å²) in [5.74, 6) is 1.21. The van der Waals surface area contributed by atoms with E-state index in [1.165, 1.54) is 0 Å². The van der Waals surface area contributed by atoms with Gasteiger partial charge in [-0.1, -0.05) is 48.0 Å². The number of amides is 1. The molecule has 0 saturated carbocycles. The quantitative estimate of drug-likeness (QED) is 0.505. The van der Waals surface area contributed by atoms with Crippen molar-refractivity contribution in [2.24, 2.45) is 0 Å². The highest BCUT2D eigenvalue weighted by Crippen LogP contribution is 2.18. The van der Waals surface area contributed by atoms with Crippen LogP contribution in [-0.2, 0) is 13.1 Å². The zero-order chi connectivity index (χ0) is 22.2. The van der Waals surface area contributed by atoms with Crippen molar-refractivity contribution >= 4 is 34.8 Å². The van der Waals surface area contributed by atoms with Crippen LogP contribution in [0.3, 0.4) is 0 Å². The van der Waals surface area contributed by atoms with Gasteiger partial charge < -0.3 is 14.4 Å². The summed E-state index contributed by atoms with van der Waals surface area (Å²) in [5.41, 5.74) is 2.44. The van der Waals surface area contributed by atoms with Crippen molar-refractivity contribution in [2.45, 2.75) is 13.1 Å². The van der Waals surface area contributed by atoms with Gasteiger partial charge in [-0.05, 0) is 59.7 Å². The fourth-order valence-corrected chi connectivity index (χ4v) is 3.43. The van der Waals surface area contributed by atoms with Gasteiger partial charge in [0.2, 0.25) is 0 Å². The molecule has 0 fully saturated rings. The summed E-state index contributed by atoms with van der Waals surface area (Å²) < 4.78 is 10.5. The topological polar surface area (TPSA) is 50.8 Å². The summed E-state index contributed by atoms with van der Waals surface area (Å²) in [7, 11) is 3.26. The summed E-state index contributed by atoms with van der Waals surface area (Å²) in [4.78, 5) is 14.6. The van der Waals surface area contributed by atoms with Crippen LogP contribution in [0.5, 0.6) is 11.5 Å². The first kappa shape index (κ1) is 22.6. The molecule has 0 aromatic heterocycles. The maximum atomic E-state index is 12.7. The molecule has 1 N–H and O–H groups in total. The number of nitrogens with zero attached hydrogens (tertiary/aromatic N) is 1. The molecule has 3 aromatic carbocycles. The van der Waals surface area contributed by atoms with Crippen molar-refractivity contribution in [1.82, 2.24) is 10.2 Å². The molecular weight excluding hydrogens is 432 g/mol. The van der Waals surface area contributed by atoms with Crippen LogP contribution in [-0.4, -0.2) is 30.1 Å². The maximum Gasteiger partial charge on any atom is 0.258 e. The van der Waals surface area contributed by atoms with Crippen LogP contribution < -0.4 is 14.8 Å². The smallest absolute Gasteiger partial charge is 0.258 e. The first-order valence-corrected chi connectivity index (χ1v) is 10.4. The van der Waals surface area contributed by atoms with Crippen molar-refractivity contribution < 1.29 is 14.3 Å². The number of nitrogens with one attached hydrogen (secondary N) is 1. The molecule has 7 heteroatoms. The van der Waals surface area contributed by atoms with E-state index in [1.807, 2.05) is 53.4 Å². The van der Waals surface area contributed by atoms with Crippen LogP contribution in [0.1, 0.15) is 21.5 Å². The third kappa shape index (κ3) is 6.20. The third-order valence-electron chi connectivity index (χ3n) is 4.69. The monoisotopic (exact) mass is 454 g/mol. The molecular formula is C24H23ClN2O3S. The molecule has 0 spiro atoms. The van der Waals surface area contributed by atoms with Gasteiger partial charge in [0.25, 0.3) is 5.91 Å². The molecule has 0 saturated heterocycles. The number of ether oxygens (including phenoxy) is 2. The fourth-order valence-electron chi connectivity index (χ4n) is 2.99. The van der Waals surface area contributed by atoms with Gasteiger partial charge in [0.1, 0.15) is 11.5 Å². The summed E-state index contributed by atoms with van der Waals surface area (Å²) in [5, 5.41) is 3.50. The number of halogens is 1. The summed E-state index contributed by atoms with van der Waals surface area (Å²) >= 11 is 11.7. The molecule has 0 heterocycles. The number of hydrogen-bond acceptors (Lipinski definition) is 4. The minimum atomic E-state index is -0.343. The summed E-state index contributed by atoms with van der Waals surface area (Å²) in [6, 6.07) is 22.3. The lowest BCUT2D eigenvalue weighted by Gasteiger charge is -2.26. The number of carbonyl (C=O) groups excluding carboxylic acids is 1. The molecule has 0 unspecified atom stereocenters. The number of methoxy groups -OCH3 is 2. The van der Waals surface area contributed by atoms with E-state index in [2.05, 4.69) is 5.32 Å². The Balaban J connectivity index is 1.79. The van der Waals surface area contributed by atoms with E-state index >= 15 is 0 Å². The van der Waals surface area contributed by atoms with E-state index in [4.69, 9.17) is 33.3 Å². The normalized spacial score (nSPS) is 10.3. The molecule has 0 radical (unpaired) electrons. The SMILES string of the molecule is COc1ccc(CN(Cc2ccc(OC)cc2)C(=S)NC(=O)c2ccccc2Cl)cc1. The maximum absolute atomic E-state index is 12.7. The van der Waals surface area contributed by atoms with Gasteiger partial charge in [-0.25, -0.2) is 0 Å². The molecule has 3 aromatic rings. The Morgan fingerprint density at radius 1 is 0.871 bits per heavy atom. The number of rotatable bonds is 7. The second-order valence-electron chi connectivity index (χ2n) is 6.79. The summed E-state index contributed by atoms with van der Waals surface area (Å²) in [6.07, 6.45) is 0. The van der Waals surface area contributed by atoms with Crippen LogP contribution in [0.25, 0.3) is 0 Å². The highest BCUT2D eigenvalue weighted by Gasteiger charge is 2.17. The molecule has 0 aliphatic carbocycles. The van der Waals surface area contributed by atoms with E-state index in [1.54, 1.807) is 38.5 Å². The van der Waals surface area contributed by atoms with Gasteiger partial charge in [-0.15, -0.1) is 0 Å². The van der Waals surface area contributed by atoms with E-state index < -0.39 is 0 Å². The average molecular weight is 455 g/mol. The molecule has 3 rings (SSSR count). The second-order valence-corrected chi connectivity index (χ2v) is 7.59. The van der Waals surface area contributed by atoms with E-state index in [0.29, 0.717) is 28.8 Å². The van der Waals surface area contributed by atoms with Crippen LogP contribution >= 0.6 is 23.8 Å².